The zero-order chi connectivity index (χ0) is 17.7. The second-order valence-corrected chi connectivity index (χ2v) is 8.85. The van der Waals surface area contributed by atoms with Crippen molar-refractivity contribution in [2.24, 2.45) is 5.92 Å². The summed E-state index contributed by atoms with van der Waals surface area (Å²) in [4.78, 5) is 9.37. The van der Waals surface area contributed by atoms with Crippen molar-refractivity contribution in [1.29, 1.82) is 0 Å². The summed E-state index contributed by atoms with van der Waals surface area (Å²) in [6, 6.07) is 4.91. The van der Waals surface area contributed by atoms with Gasteiger partial charge in [0.2, 0.25) is 0 Å². The maximum Gasteiger partial charge on any atom is 0.0757 e. The van der Waals surface area contributed by atoms with Gasteiger partial charge in [-0.2, -0.15) is 5.10 Å². The zero-order valence-corrected chi connectivity index (χ0v) is 17.3. The second kappa shape index (κ2) is 6.76. The Morgan fingerprint density at radius 2 is 2.08 bits per heavy atom. The van der Waals surface area contributed by atoms with E-state index in [1.165, 1.54) is 42.6 Å². The molecule has 3 aliphatic rings. The molecule has 3 fully saturated rings. The van der Waals surface area contributed by atoms with Crippen LogP contribution in [0.4, 0.5) is 5.69 Å². The smallest absolute Gasteiger partial charge is 0.0757 e. The molecule has 3 heterocycles. The standard InChI is InChI=1S/C19H25IN6/c1-24-11-25(12-24)15-4-5-21-18(8-15)17-10-26(23-19(17)14-2-3-14)16-6-13(7-16)9-22-20/h4-5,8,10,13-14,16,22H,2-3,6-7,9,11-12H2,1H3. The van der Waals surface area contributed by atoms with Gasteiger partial charge in [0.05, 0.1) is 30.8 Å². The van der Waals surface area contributed by atoms with E-state index >= 15 is 0 Å². The predicted octanol–water partition coefficient (Wildman–Crippen LogP) is 3.38. The number of aromatic nitrogens is 3. The van der Waals surface area contributed by atoms with Crippen LogP contribution < -0.4 is 8.43 Å². The minimum Gasteiger partial charge on any atom is -0.345 e. The lowest BCUT2D eigenvalue weighted by Gasteiger charge is -2.41. The maximum absolute atomic E-state index is 5.02. The molecule has 0 atom stereocenters. The molecule has 1 N–H and O–H groups in total. The van der Waals surface area contributed by atoms with E-state index in [4.69, 9.17) is 10.1 Å². The third-order valence-electron chi connectivity index (χ3n) is 5.88. The summed E-state index contributed by atoms with van der Waals surface area (Å²) >= 11 is 2.25. The number of rotatable bonds is 6. The molecule has 0 bridgehead atoms. The molecule has 6 nitrogen and oxygen atoms in total. The normalized spacial score (nSPS) is 25.8. The highest BCUT2D eigenvalue weighted by Gasteiger charge is 2.35. The third kappa shape index (κ3) is 3.14. The van der Waals surface area contributed by atoms with Gasteiger partial charge in [-0.25, -0.2) is 0 Å². The lowest BCUT2D eigenvalue weighted by molar-refractivity contribution is 0.187. The summed E-state index contributed by atoms with van der Waals surface area (Å²) in [5.41, 5.74) is 4.86. The topological polar surface area (TPSA) is 49.2 Å². The molecule has 2 saturated carbocycles. The Hall–Kier alpha value is -1.19. The largest absolute Gasteiger partial charge is 0.345 e. The lowest BCUT2D eigenvalue weighted by atomic mass is 9.80. The Balaban J connectivity index is 1.41. The quantitative estimate of drug-likeness (QED) is 0.525. The summed E-state index contributed by atoms with van der Waals surface area (Å²) in [7, 11) is 2.15. The van der Waals surface area contributed by atoms with Crippen LogP contribution in [0.5, 0.6) is 0 Å². The molecule has 0 aromatic carbocycles. The molecule has 2 aromatic heterocycles. The van der Waals surface area contributed by atoms with Crippen molar-refractivity contribution >= 4 is 28.6 Å². The van der Waals surface area contributed by atoms with Crippen LogP contribution in [0, 0.1) is 5.92 Å². The van der Waals surface area contributed by atoms with Crippen molar-refractivity contribution in [3.63, 3.8) is 0 Å². The molecule has 0 unspecified atom stereocenters. The van der Waals surface area contributed by atoms with E-state index in [-0.39, 0.29) is 0 Å². The van der Waals surface area contributed by atoms with Crippen LogP contribution >= 0.6 is 22.9 Å². The van der Waals surface area contributed by atoms with Crippen molar-refractivity contribution < 1.29 is 0 Å². The van der Waals surface area contributed by atoms with Crippen molar-refractivity contribution in [1.82, 2.24) is 23.2 Å². The maximum atomic E-state index is 5.02. The van der Waals surface area contributed by atoms with Gasteiger partial charge in [0.15, 0.2) is 0 Å². The first-order valence-corrected chi connectivity index (χ1v) is 10.6. The molecule has 1 aliphatic heterocycles. The molecular formula is C19H25IN6. The van der Waals surface area contributed by atoms with Gasteiger partial charge in [0, 0.05) is 59.0 Å². The van der Waals surface area contributed by atoms with Crippen molar-refractivity contribution in [3.05, 3.63) is 30.2 Å². The number of nitrogens with zero attached hydrogens (tertiary/aromatic N) is 5. The lowest BCUT2D eigenvalue weighted by Crippen LogP contribution is -2.53. The number of anilines is 1. The van der Waals surface area contributed by atoms with Crippen LogP contribution in [0.2, 0.25) is 0 Å². The van der Waals surface area contributed by atoms with E-state index in [0.29, 0.717) is 12.0 Å². The minimum atomic E-state index is 0.559. The molecule has 5 rings (SSSR count). The predicted molar refractivity (Wildman–Crippen MR) is 111 cm³/mol. The molecule has 0 amide bonds. The van der Waals surface area contributed by atoms with Crippen molar-refractivity contribution in [2.45, 2.75) is 37.6 Å². The van der Waals surface area contributed by atoms with Crippen LogP contribution in [0.25, 0.3) is 11.3 Å². The molecule has 0 radical (unpaired) electrons. The van der Waals surface area contributed by atoms with Crippen LogP contribution in [0.15, 0.2) is 24.5 Å². The average Bonchev–Trinajstić information content (AvgIpc) is 3.34. The van der Waals surface area contributed by atoms with Crippen molar-refractivity contribution in [2.75, 3.05) is 31.8 Å². The first kappa shape index (κ1) is 16.9. The monoisotopic (exact) mass is 464 g/mol. The van der Waals surface area contributed by atoms with Gasteiger partial charge in [-0.15, -0.1) is 0 Å². The molecule has 2 aromatic rings. The molecular weight excluding hydrogens is 439 g/mol. The van der Waals surface area contributed by atoms with Crippen LogP contribution in [0.1, 0.15) is 43.3 Å². The molecule has 26 heavy (non-hydrogen) atoms. The highest BCUT2D eigenvalue weighted by Crippen LogP contribution is 2.45. The van der Waals surface area contributed by atoms with Crippen LogP contribution in [-0.4, -0.2) is 46.6 Å². The first-order chi connectivity index (χ1) is 12.7. The van der Waals surface area contributed by atoms with Gasteiger partial charge in [-0.3, -0.25) is 18.1 Å². The SMILES string of the molecule is CN1CN(c2ccnc(-c3cn(C4CC(CNI)C4)nc3C3CC3)c2)C1. The molecule has 0 spiro atoms. The van der Waals surface area contributed by atoms with Crippen LogP contribution in [-0.2, 0) is 0 Å². The Labute approximate surface area is 168 Å². The van der Waals surface area contributed by atoms with Crippen molar-refractivity contribution in [3.8, 4) is 11.3 Å². The van der Waals surface area contributed by atoms with E-state index in [0.717, 1.165) is 31.5 Å². The Morgan fingerprint density at radius 3 is 2.77 bits per heavy atom. The number of hydrogen-bond donors (Lipinski definition) is 1. The highest BCUT2D eigenvalue weighted by molar-refractivity contribution is 14.1. The fourth-order valence-corrected chi connectivity index (χ4v) is 4.73. The number of nitrogens with one attached hydrogen (secondary N) is 1. The number of hydrogen-bond acceptors (Lipinski definition) is 5. The fraction of sp³-hybridized carbons (Fsp3) is 0.579. The fourth-order valence-electron chi connectivity index (χ4n) is 4.11. The average molecular weight is 464 g/mol. The summed E-state index contributed by atoms with van der Waals surface area (Å²) in [6.07, 6.45) is 9.21. The summed E-state index contributed by atoms with van der Waals surface area (Å²) in [5.74, 6) is 1.43. The second-order valence-electron chi connectivity index (χ2n) is 8.09. The van der Waals surface area contributed by atoms with Gasteiger partial charge in [0.25, 0.3) is 0 Å². The van der Waals surface area contributed by atoms with Crippen LogP contribution in [0.3, 0.4) is 0 Å². The molecule has 1 saturated heterocycles. The number of halogens is 1. The minimum absolute atomic E-state index is 0.559. The third-order valence-corrected chi connectivity index (χ3v) is 6.32. The molecule has 2 aliphatic carbocycles. The van der Waals surface area contributed by atoms with E-state index in [1.807, 2.05) is 6.20 Å². The molecule has 7 heteroatoms. The van der Waals surface area contributed by atoms with Gasteiger partial charge in [-0.05, 0) is 50.8 Å². The van der Waals surface area contributed by atoms with Gasteiger partial charge >= 0.3 is 0 Å². The van der Waals surface area contributed by atoms with E-state index in [2.05, 4.69) is 66.3 Å². The van der Waals surface area contributed by atoms with E-state index < -0.39 is 0 Å². The zero-order valence-electron chi connectivity index (χ0n) is 15.1. The van der Waals surface area contributed by atoms with E-state index in [1.54, 1.807) is 0 Å². The van der Waals surface area contributed by atoms with E-state index in [9.17, 15) is 0 Å². The Morgan fingerprint density at radius 1 is 1.27 bits per heavy atom. The summed E-state index contributed by atoms with van der Waals surface area (Å²) in [5, 5.41) is 5.02. The summed E-state index contributed by atoms with van der Waals surface area (Å²) < 4.78 is 5.50. The van der Waals surface area contributed by atoms with Gasteiger partial charge < -0.3 is 4.90 Å². The van der Waals surface area contributed by atoms with Gasteiger partial charge in [-0.1, -0.05) is 0 Å². The number of pyridine rings is 1. The highest BCUT2D eigenvalue weighted by atomic mass is 127. The first-order valence-electron chi connectivity index (χ1n) is 9.53. The molecule has 138 valence electrons. The Kier molecular flexibility index (Phi) is 4.41. The van der Waals surface area contributed by atoms with Gasteiger partial charge in [0.1, 0.15) is 0 Å². The summed E-state index contributed by atoms with van der Waals surface area (Å²) in [6.45, 7) is 3.09. The Bertz CT molecular complexity index is 789.